The molecule has 298 valence electrons. The number of hydrogen-bond donors (Lipinski definition) is 4. The molecule has 0 amide bonds. The van der Waals surface area contributed by atoms with Crippen LogP contribution in [0.15, 0.2) is 72.8 Å². The third-order valence-electron chi connectivity index (χ3n) is 11.0. The van der Waals surface area contributed by atoms with Crippen LogP contribution in [-0.2, 0) is 0 Å². The van der Waals surface area contributed by atoms with Crippen molar-refractivity contribution in [3.8, 4) is 11.1 Å². The Hall–Kier alpha value is -6.31. The quantitative estimate of drug-likeness (QED) is 0.0568. The molecule has 2 aliphatic carbocycles. The fourth-order valence-corrected chi connectivity index (χ4v) is 7.82. The number of aromatic nitrogens is 3. The zero-order valence-corrected chi connectivity index (χ0v) is 33.4. The number of carbonyl (C=O) groups is 4. The number of ketones is 4. The molecule has 0 fully saturated rings. The summed E-state index contributed by atoms with van der Waals surface area (Å²) in [5, 5.41) is 9.94. The molecule has 0 atom stereocenters. The van der Waals surface area contributed by atoms with Gasteiger partial charge in [0.2, 0.25) is 17.8 Å². The largest absolute Gasteiger partial charge is 0.398 e. The van der Waals surface area contributed by atoms with E-state index < -0.39 is 11.6 Å². The fourth-order valence-electron chi connectivity index (χ4n) is 7.82. The molecule has 0 radical (unpaired) electrons. The van der Waals surface area contributed by atoms with Crippen LogP contribution in [0.1, 0.15) is 104 Å². The molecule has 1 heterocycles. The van der Waals surface area contributed by atoms with Crippen molar-refractivity contribution in [2.75, 3.05) is 74.0 Å². The summed E-state index contributed by atoms with van der Waals surface area (Å²) in [5.74, 6) is -0.663. The van der Waals surface area contributed by atoms with Crippen LogP contribution < -0.4 is 21.7 Å². The van der Waals surface area contributed by atoms with Gasteiger partial charge in [-0.25, -0.2) is 0 Å². The molecule has 1 aromatic heterocycles. The van der Waals surface area contributed by atoms with Gasteiger partial charge in [0.1, 0.15) is 0 Å². The minimum atomic E-state index is -0.397. The highest BCUT2D eigenvalue weighted by atomic mass is 16.1. The van der Waals surface area contributed by atoms with Crippen LogP contribution >= 0.6 is 0 Å². The van der Waals surface area contributed by atoms with E-state index in [0.717, 1.165) is 52.1 Å². The van der Waals surface area contributed by atoms with Crippen molar-refractivity contribution in [3.63, 3.8) is 0 Å². The van der Waals surface area contributed by atoms with Crippen molar-refractivity contribution in [1.29, 1.82) is 0 Å². The average molecular weight is 780 g/mol. The van der Waals surface area contributed by atoms with Crippen LogP contribution in [0.3, 0.4) is 0 Å². The Kier molecular flexibility index (Phi) is 12.0. The van der Waals surface area contributed by atoms with Gasteiger partial charge in [-0.15, -0.1) is 0 Å². The molecule has 4 aromatic carbocycles. The van der Waals surface area contributed by atoms with E-state index in [-0.39, 0.29) is 67.7 Å². The lowest BCUT2D eigenvalue weighted by molar-refractivity contribution is 0.0978. The van der Waals surface area contributed by atoms with Gasteiger partial charge in [0.15, 0.2) is 23.1 Å². The summed E-state index contributed by atoms with van der Waals surface area (Å²) >= 11 is 0. The number of benzene rings is 4. The third kappa shape index (κ3) is 7.70. The van der Waals surface area contributed by atoms with E-state index in [1.165, 1.54) is 0 Å². The first-order valence-electron chi connectivity index (χ1n) is 20.1. The van der Waals surface area contributed by atoms with Crippen LogP contribution in [0, 0.1) is 0 Å². The van der Waals surface area contributed by atoms with Gasteiger partial charge >= 0.3 is 0 Å². The van der Waals surface area contributed by atoms with Gasteiger partial charge in [0, 0.05) is 52.2 Å². The van der Waals surface area contributed by atoms with E-state index in [9.17, 15) is 19.2 Å². The lowest BCUT2D eigenvalue weighted by Crippen LogP contribution is -2.26. The van der Waals surface area contributed by atoms with E-state index in [0.29, 0.717) is 41.8 Å². The highest BCUT2D eigenvalue weighted by Crippen LogP contribution is 2.43. The summed E-state index contributed by atoms with van der Waals surface area (Å²) in [6, 6.07) is 19.8. The number of rotatable bonds is 17. The van der Waals surface area contributed by atoms with Gasteiger partial charge in [0.25, 0.3) is 0 Å². The monoisotopic (exact) mass is 779 g/mol. The highest BCUT2D eigenvalue weighted by molar-refractivity contribution is 6.35. The first-order chi connectivity index (χ1) is 28.2. The number of nitrogens with two attached hydrogens (primary N) is 1. The molecule has 5 N–H and O–H groups in total. The van der Waals surface area contributed by atoms with Crippen molar-refractivity contribution < 1.29 is 19.2 Å². The Morgan fingerprint density at radius 3 is 1.34 bits per heavy atom. The first-order valence-corrected chi connectivity index (χ1v) is 20.1. The molecule has 2 aliphatic rings. The minimum absolute atomic E-state index is 0.0755. The molecule has 0 unspecified atom stereocenters. The second-order valence-corrected chi connectivity index (χ2v) is 14.3. The number of anilines is 5. The van der Waals surface area contributed by atoms with Crippen LogP contribution in [0.25, 0.3) is 11.1 Å². The molecule has 0 saturated carbocycles. The van der Waals surface area contributed by atoms with Crippen molar-refractivity contribution in [1.82, 2.24) is 24.8 Å². The van der Waals surface area contributed by atoms with Crippen LogP contribution in [0.2, 0.25) is 0 Å². The van der Waals surface area contributed by atoms with E-state index in [4.69, 9.17) is 15.7 Å². The Balaban J connectivity index is 1.30. The van der Waals surface area contributed by atoms with Gasteiger partial charge in [-0.2, -0.15) is 15.0 Å². The standard InChI is InChI=1S/C45H49N9O4/c1-5-53(6-2)25-13-23-47-43-50-44(48-24-14-26-54(7-3)8-4)52-45(51-43)49-34-22-20-28(36-38(34)42(58)32-18-12-10-16-30(32)40(36)56)27-19-21-33(46)37-35(27)39(55)29-15-9-11-17-31(29)41(37)57/h9-12,15-22H,5-8,13-14,23-26,46H2,1-4H3,(H3,47,48,49,50,51,52). The van der Waals surface area contributed by atoms with Crippen molar-refractivity contribution >= 4 is 52.4 Å². The van der Waals surface area contributed by atoms with Gasteiger partial charge < -0.3 is 31.5 Å². The molecule has 58 heavy (non-hydrogen) atoms. The van der Waals surface area contributed by atoms with Crippen molar-refractivity contribution in [3.05, 3.63) is 117 Å². The summed E-state index contributed by atoms with van der Waals surface area (Å²) < 4.78 is 0. The Morgan fingerprint density at radius 2 is 0.879 bits per heavy atom. The molecule has 13 heteroatoms. The normalized spacial score (nSPS) is 13.0. The topological polar surface area (TPSA) is 176 Å². The molecule has 13 nitrogen and oxygen atoms in total. The number of nitrogen functional groups attached to an aromatic ring is 1. The van der Waals surface area contributed by atoms with Crippen molar-refractivity contribution in [2.45, 2.75) is 40.5 Å². The van der Waals surface area contributed by atoms with Gasteiger partial charge in [0.05, 0.1) is 16.8 Å². The van der Waals surface area contributed by atoms with E-state index >= 15 is 0 Å². The molecular formula is C45H49N9O4. The first kappa shape index (κ1) is 39.9. The van der Waals surface area contributed by atoms with Gasteiger partial charge in [-0.05, 0) is 75.4 Å². The Bertz CT molecular complexity index is 2370. The van der Waals surface area contributed by atoms with Gasteiger partial charge in [-0.3, -0.25) is 19.2 Å². The third-order valence-corrected chi connectivity index (χ3v) is 11.0. The second-order valence-electron chi connectivity index (χ2n) is 14.3. The summed E-state index contributed by atoms with van der Waals surface area (Å²) in [6.45, 7) is 15.6. The Labute approximate surface area is 338 Å². The number of nitrogens with zero attached hydrogens (tertiary/aromatic N) is 5. The highest BCUT2D eigenvalue weighted by Gasteiger charge is 2.38. The summed E-state index contributed by atoms with van der Waals surface area (Å²) in [6.07, 6.45) is 1.75. The van der Waals surface area contributed by atoms with Crippen LogP contribution in [0.5, 0.6) is 0 Å². The Morgan fingerprint density at radius 1 is 0.483 bits per heavy atom. The molecule has 0 spiro atoms. The summed E-state index contributed by atoms with van der Waals surface area (Å²) in [5.41, 5.74) is 8.84. The predicted octanol–water partition coefficient (Wildman–Crippen LogP) is 6.70. The van der Waals surface area contributed by atoms with Crippen LogP contribution in [0.4, 0.5) is 29.2 Å². The van der Waals surface area contributed by atoms with E-state index in [1.807, 2.05) is 0 Å². The zero-order valence-electron chi connectivity index (χ0n) is 33.4. The molecule has 5 aromatic rings. The zero-order chi connectivity index (χ0) is 40.9. The van der Waals surface area contributed by atoms with E-state index in [2.05, 4.69) is 58.4 Å². The van der Waals surface area contributed by atoms with Gasteiger partial charge in [-0.1, -0.05) is 88.4 Å². The minimum Gasteiger partial charge on any atom is -0.398 e. The maximum absolute atomic E-state index is 14.6. The molecule has 7 rings (SSSR count). The maximum atomic E-state index is 14.6. The molecular weight excluding hydrogens is 731 g/mol. The molecule has 0 bridgehead atoms. The average Bonchev–Trinajstić information content (AvgIpc) is 3.24. The van der Waals surface area contributed by atoms with Crippen LogP contribution in [-0.4, -0.2) is 100 Å². The fraction of sp³-hybridized carbons (Fsp3) is 0.311. The number of nitrogens with one attached hydrogen (secondary N) is 3. The smallest absolute Gasteiger partial charge is 0.233 e. The maximum Gasteiger partial charge on any atom is 0.233 e. The second kappa shape index (κ2) is 17.5. The lowest BCUT2D eigenvalue weighted by atomic mass is 9.75. The number of carbonyl (C=O) groups excluding carboxylic acids is 4. The lowest BCUT2D eigenvalue weighted by Gasteiger charge is -2.26. The molecule has 0 saturated heterocycles. The summed E-state index contributed by atoms with van der Waals surface area (Å²) in [4.78, 5) is 75.9. The predicted molar refractivity (Wildman–Crippen MR) is 228 cm³/mol. The number of hydrogen-bond acceptors (Lipinski definition) is 13. The SMILES string of the molecule is CCN(CC)CCCNc1nc(NCCCN(CC)CC)nc(Nc2ccc(-c3ccc(N)c4c3C(=O)c3ccccc3C4=O)c3c2C(=O)c2ccccc2C3=O)n1. The van der Waals surface area contributed by atoms with E-state index in [1.54, 1.807) is 72.8 Å². The van der Waals surface area contributed by atoms with Crippen molar-refractivity contribution in [2.24, 2.45) is 0 Å². The molecule has 0 aliphatic heterocycles. The number of fused-ring (bicyclic) bond motifs is 4. The summed E-state index contributed by atoms with van der Waals surface area (Å²) in [7, 11) is 0.